The van der Waals surface area contributed by atoms with Crippen LogP contribution in [0.4, 0.5) is 0 Å². The Morgan fingerprint density at radius 1 is 1.12 bits per heavy atom. The normalized spacial score (nSPS) is 26.0. The quantitative estimate of drug-likeness (QED) is 0.932. The van der Waals surface area contributed by atoms with E-state index < -0.39 is 0 Å². The zero-order valence-corrected chi connectivity index (χ0v) is 14.4. The second kappa shape index (κ2) is 6.48. The lowest BCUT2D eigenvalue weighted by molar-refractivity contribution is -0.130. The number of fused-ring (bicyclic) bond motifs is 1. The number of hydrogen-bond donors (Lipinski definition) is 1. The van der Waals surface area contributed by atoms with Crippen LogP contribution in [0, 0.1) is 11.8 Å². The molecule has 1 aromatic carbocycles. The Balaban J connectivity index is 1.56. The summed E-state index contributed by atoms with van der Waals surface area (Å²) in [5, 5.41) is 0. The Labute approximate surface area is 147 Å². The minimum atomic E-state index is -0.00969. The third-order valence-electron chi connectivity index (χ3n) is 5.58. The van der Waals surface area contributed by atoms with E-state index in [9.17, 15) is 9.59 Å². The largest absolute Gasteiger partial charge is 0.335 e. The fourth-order valence-corrected chi connectivity index (χ4v) is 4.49. The minimum absolute atomic E-state index is 0.00969. The van der Waals surface area contributed by atoms with E-state index in [-0.39, 0.29) is 17.5 Å². The lowest BCUT2D eigenvalue weighted by Crippen LogP contribution is -2.34. The second-order valence-corrected chi connectivity index (χ2v) is 7.17. The van der Waals surface area contributed by atoms with Crippen molar-refractivity contribution < 1.29 is 4.79 Å². The molecule has 2 fully saturated rings. The SMILES string of the molecule is CC(=O)N1C[C@H]2CN(Cc3ccc[nH]c3=O)C[C@H]2[C@@H]1c1ccccc1. The number of nitrogens with one attached hydrogen (secondary N) is 1. The van der Waals surface area contributed by atoms with Crippen molar-refractivity contribution in [3.05, 3.63) is 70.1 Å². The first kappa shape index (κ1) is 16.1. The molecule has 4 rings (SSSR count). The third kappa shape index (κ3) is 3.00. The third-order valence-corrected chi connectivity index (χ3v) is 5.58. The predicted molar refractivity (Wildman–Crippen MR) is 95.9 cm³/mol. The molecule has 3 heterocycles. The van der Waals surface area contributed by atoms with Crippen LogP contribution in [0.3, 0.4) is 0 Å². The number of carbonyl (C=O) groups excluding carboxylic acids is 1. The second-order valence-electron chi connectivity index (χ2n) is 7.17. The summed E-state index contributed by atoms with van der Waals surface area (Å²) in [6.45, 7) is 5.00. The summed E-state index contributed by atoms with van der Waals surface area (Å²) in [4.78, 5) is 31.2. The van der Waals surface area contributed by atoms with Gasteiger partial charge in [-0.15, -0.1) is 0 Å². The van der Waals surface area contributed by atoms with E-state index in [0.29, 0.717) is 18.4 Å². The van der Waals surface area contributed by atoms with Crippen LogP contribution < -0.4 is 5.56 Å². The van der Waals surface area contributed by atoms with Crippen molar-refractivity contribution in [2.75, 3.05) is 19.6 Å². The topological polar surface area (TPSA) is 56.4 Å². The first-order valence-electron chi connectivity index (χ1n) is 8.84. The van der Waals surface area contributed by atoms with Crippen LogP contribution in [0.25, 0.3) is 0 Å². The lowest BCUT2D eigenvalue weighted by Gasteiger charge is -2.29. The van der Waals surface area contributed by atoms with Gasteiger partial charge < -0.3 is 9.88 Å². The molecule has 3 atom stereocenters. The highest BCUT2D eigenvalue weighted by molar-refractivity contribution is 5.74. The molecule has 130 valence electrons. The summed E-state index contributed by atoms with van der Waals surface area (Å²) >= 11 is 0. The lowest BCUT2D eigenvalue weighted by atomic mass is 9.89. The van der Waals surface area contributed by atoms with E-state index in [4.69, 9.17) is 0 Å². The number of aromatic nitrogens is 1. The van der Waals surface area contributed by atoms with Gasteiger partial charge in [-0.05, 0) is 17.5 Å². The molecule has 1 aromatic heterocycles. The first-order chi connectivity index (χ1) is 12.1. The summed E-state index contributed by atoms with van der Waals surface area (Å²) < 4.78 is 0. The van der Waals surface area contributed by atoms with Gasteiger partial charge >= 0.3 is 0 Å². The summed E-state index contributed by atoms with van der Waals surface area (Å²) in [6.07, 6.45) is 1.67. The molecule has 1 amide bonds. The van der Waals surface area contributed by atoms with Gasteiger partial charge in [0.2, 0.25) is 5.91 Å². The fourth-order valence-electron chi connectivity index (χ4n) is 4.49. The monoisotopic (exact) mass is 337 g/mol. The van der Waals surface area contributed by atoms with Crippen LogP contribution in [0.15, 0.2) is 53.5 Å². The number of aromatic amines is 1. The van der Waals surface area contributed by atoms with Crippen molar-refractivity contribution in [2.45, 2.75) is 19.5 Å². The molecule has 5 nitrogen and oxygen atoms in total. The molecule has 0 saturated carbocycles. The van der Waals surface area contributed by atoms with Crippen LogP contribution in [0.1, 0.15) is 24.1 Å². The maximum atomic E-state index is 12.1. The summed E-state index contributed by atoms with van der Waals surface area (Å²) in [7, 11) is 0. The maximum absolute atomic E-state index is 12.1. The fraction of sp³-hybridized carbons (Fsp3) is 0.400. The molecule has 2 aliphatic rings. The molecule has 0 radical (unpaired) electrons. The molecular formula is C20H23N3O2. The number of nitrogens with zero attached hydrogens (tertiary/aromatic N) is 2. The molecule has 25 heavy (non-hydrogen) atoms. The number of carbonyl (C=O) groups is 1. The molecule has 0 unspecified atom stereocenters. The number of H-pyrrole nitrogens is 1. The van der Waals surface area contributed by atoms with Crippen molar-refractivity contribution in [1.82, 2.24) is 14.8 Å². The van der Waals surface area contributed by atoms with E-state index in [1.54, 1.807) is 13.1 Å². The maximum Gasteiger partial charge on any atom is 0.252 e. The summed E-state index contributed by atoms with van der Waals surface area (Å²) in [5.41, 5.74) is 2.01. The van der Waals surface area contributed by atoms with Crippen molar-refractivity contribution >= 4 is 5.91 Å². The van der Waals surface area contributed by atoms with Crippen molar-refractivity contribution in [1.29, 1.82) is 0 Å². The minimum Gasteiger partial charge on any atom is -0.335 e. The molecule has 1 N–H and O–H groups in total. The van der Waals surface area contributed by atoms with Crippen LogP contribution in [0.2, 0.25) is 0 Å². The number of amides is 1. The number of rotatable bonds is 3. The van der Waals surface area contributed by atoms with Crippen molar-refractivity contribution in [3.63, 3.8) is 0 Å². The molecule has 0 spiro atoms. The van der Waals surface area contributed by atoms with E-state index >= 15 is 0 Å². The highest BCUT2D eigenvalue weighted by atomic mass is 16.2. The van der Waals surface area contributed by atoms with Gasteiger partial charge in [-0.1, -0.05) is 36.4 Å². The standard InChI is InChI=1S/C20H23N3O2/c1-14(24)23-12-17-11-22(10-16-8-5-9-21-20(16)25)13-18(17)19(23)15-6-3-2-4-7-15/h2-9,17-19H,10-13H2,1H3,(H,21,25)/t17-,18-,19+/m1/s1. The van der Waals surface area contributed by atoms with Gasteiger partial charge in [0, 0.05) is 50.8 Å². The Hall–Kier alpha value is -2.40. The van der Waals surface area contributed by atoms with Gasteiger partial charge in [0.15, 0.2) is 0 Å². The average molecular weight is 337 g/mol. The van der Waals surface area contributed by atoms with Gasteiger partial charge in [-0.25, -0.2) is 0 Å². The molecule has 0 aliphatic carbocycles. The highest BCUT2D eigenvalue weighted by Crippen LogP contribution is 2.45. The Bertz CT molecular complexity index is 817. The highest BCUT2D eigenvalue weighted by Gasteiger charge is 2.48. The van der Waals surface area contributed by atoms with Crippen LogP contribution in [-0.2, 0) is 11.3 Å². The molecule has 5 heteroatoms. The van der Waals surface area contributed by atoms with E-state index in [1.165, 1.54) is 5.56 Å². The molecular weight excluding hydrogens is 314 g/mol. The van der Waals surface area contributed by atoms with E-state index in [1.807, 2.05) is 35.2 Å². The van der Waals surface area contributed by atoms with Crippen LogP contribution in [-0.4, -0.2) is 40.3 Å². The zero-order valence-electron chi connectivity index (χ0n) is 14.4. The average Bonchev–Trinajstić information content (AvgIpc) is 3.15. The Kier molecular flexibility index (Phi) is 4.17. The van der Waals surface area contributed by atoms with E-state index in [2.05, 4.69) is 22.0 Å². The smallest absolute Gasteiger partial charge is 0.252 e. The van der Waals surface area contributed by atoms with Crippen molar-refractivity contribution in [2.24, 2.45) is 11.8 Å². The van der Waals surface area contributed by atoms with Crippen LogP contribution >= 0.6 is 0 Å². The molecule has 2 aromatic rings. The number of benzene rings is 1. The van der Waals surface area contributed by atoms with Gasteiger partial charge in [-0.2, -0.15) is 0 Å². The number of hydrogen-bond acceptors (Lipinski definition) is 3. The first-order valence-corrected chi connectivity index (χ1v) is 8.84. The number of pyridine rings is 1. The van der Waals surface area contributed by atoms with E-state index in [0.717, 1.165) is 25.2 Å². The van der Waals surface area contributed by atoms with Crippen LogP contribution in [0.5, 0.6) is 0 Å². The Morgan fingerprint density at radius 2 is 1.92 bits per heavy atom. The molecule has 0 bridgehead atoms. The summed E-state index contributed by atoms with van der Waals surface area (Å²) in [5.74, 6) is 1.04. The van der Waals surface area contributed by atoms with Gasteiger partial charge in [0.25, 0.3) is 5.56 Å². The van der Waals surface area contributed by atoms with Crippen molar-refractivity contribution in [3.8, 4) is 0 Å². The zero-order chi connectivity index (χ0) is 17.4. The predicted octanol–water partition coefficient (Wildman–Crippen LogP) is 2.03. The van der Waals surface area contributed by atoms with Gasteiger partial charge in [0.1, 0.15) is 0 Å². The molecule has 2 saturated heterocycles. The van der Waals surface area contributed by atoms with Gasteiger partial charge in [0.05, 0.1) is 6.04 Å². The van der Waals surface area contributed by atoms with Gasteiger partial charge in [-0.3, -0.25) is 14.5 Å². The summed E-state index contributed by atoms with van der Waals surface area (Å²) in [6, 6.07) is 14.2. The Morgan fingerprint density at radius 3 is 2.64 bits per heavy atom. The number of likely N-dealkylation sites (tertiary alicyclic amines) is 2. The molecule has 2 aliphatic heterocycles.